The van der Waals surface area contributed by atoms with Gasteiger partial charge in [-0.3, -0.25) is 4.79 Å². The summed E-state index contributed by atoms with van der Waals surface area (Å²) in [6.07, 6.45) is 3.81. The second kappa shape index (κ2) is 7.51. The quantitative estimate of drug-likeness (QED) is 0.678. The zero-order valence-electron chi connectivity index (χ0n) is 13.4. The van der Waals surface area contributed by atoms with Crippen LogP contribution in [0.5, 0.6) is 0 Å². The fourth-order valence-corrected chi connectivity index (χ4v) is 2.69. The molecule has 24 heavy (non-hydrogen) atoms. The lowest BCUT2D eigenvalue weighted by Crippen LogP contribution is -2.23. The number of carbonyl (C=O) groups is 1. The van der Waals surface area contributed by atoms with Crippen molar-refractivity contribution in [2.75, 3.05) is 18.0 Å². The van der Waals surface area contributed by atoms with Crippen molar-refractivity contribution in [3.63, 3.8) is 0 Å². The van der Waals surface area contributed by atoms with Gasteiger partial charge < -0.3 is 14.6 Å². The second-order valence-corrected chi connectivity index (χ2v) is 5.71. The number of hydrogen-bond donors (Lipinski definition) is 1. The fourth-order valence-electron chi connectivity index (χ4n) is 2.69. The highest BCUT2D eigenvalue weighted by molar-refractivity contribution is 6.01. The number of nitrogens with one attached hydrogen (secondary N) is 1. The van der Waals surface area contributed by atoms with E-state index in [2.05, 4.69) is 10.2 Å². The van der Waals surface area contributed by atoms with Crippen LogP contribution < -0.4 is 10.2 Å². The van der Waals surface area contributed by atoms with Gasteiger partial charge in [-0.25, -0.2) is 0 Å². The van der Waals surface area contributed by atoms with Gasteiger partial charge in [0.05, 0.1) is 0 Å². The number of furan rings is 1. The minimum atomic E-state index is -0.402. The van der Waals surface area contributed by atoms with Crippen molar-refractivity contribution < 1.29 is 9.21 Å². The average molecular weight is 321 g/mol. The molecule has 0 bridgehead atoms. The molecular weight excluding hydrogens is 302 g/mol. The zero-order chi connectivity index (χ0) is 16.8. The third-order valence-corrected chi connectivity index (χ3v) is 3.98. The lowest BCUT2D eigenvalue weighted by atomic mass is 10.2. The fraction of sp³-hybridized carbons (Fsp3) is 0.263. The van der Waals surface area contributed by atoms with E-state index in [9.17, 15) is 10.1 Å². The Balaban J connectivity index is 1.65. The molecule has 1 aromatic carbocycles. The maximum Gasteiger partial charge on any atom is 0.262 e. The Morgan fingerprint density at radius 3 is 2.67 bits per heavy atom. The standard InChI is InChI=1S/C19H19N3O2/c20-13-16(19(23)21-14-15-6-2-1-3-7-15)12-17-8-9-18(24-17)22-10-4-5-11-22/h1-3,6-9,12H,4-5,10-11,14H2,(H,21,23)/b16-12+. The molecule has 1 aliphatic heterocycles. The zero-order valence-corrected chi connectivity index (χ0v) is 13.4. The summed E-state index contributed by atoms with van der Waals surface area (Å²) < 4.78 is 5.73. The monoisotopic (exact) mass is 321 g/mol. The molecule has 1 N–H and O–H groups in total. The molecule has 1 aromatic heterocycles. The topological polar surface area (TPSA) is 69.3 Å². The van der Waals surface area contributed by atoms with Crippen LogP contribution in [0.2, 0.25) is 0 Å². The molecule has 1 amide bonds. The van der Waals surface area contributed by atoms with Gasteiger partial charge in [-0.1, -0.05) is 30.3 Å². The first-order chi connectivity index (χ1) is 11.8. The van der Waals surface area contributed by atoms with Crippen LogP contribution in [0.15, 0.2) is 52.5 Å². The van der Waals surface area contributed by atoms with Gasteiger partial charge in [0.2, 0.25) is 0 Å². The number of anilines is 1. The number of nitrogens with zero attached hydrogens (tertiary/aromatic N) is 2. The Kier molecular flexibility index (Phi) is 4.97. The largest absolute Gasteiger partial charge is 0.441 e. The molecule has 1 fully saturated rings. The van der Waals surface area contributed by atoms with Crippen LogP contribution in [-0.2, 0) is 11.3 Å². The molecule has 1 aliphatic rings. The summed E-state index contributed by atoms with van der Waals surface area (Å²) in [7, 11) is 0. The summed E-state index contributed by atoms with van der Waals surface area (Å²) in [5, 5.41) is 12.0. The number of benzene rings is 1. The molecule has 2 heterocycles. The van der Waals surface area contributed by atoms with Crippen molar-refractivity contribution in [3.05, 3.63) is 59.4 Å². The molecular formula is C19H19N3O2. The number of rotatable bonds is 5. The van der Waals surface area contributed by atoms with Crippen molar-refractivity contribution in [3.8, 4) is 6.07 Å². The summed E-state index contributed by atoms with van der Waals surface area (Å²) in [6, 6.07) is 15.2. The normalized spacial score (nSPS) is 14.5. The van der Waals surface area contributed by atoms with Crippen molar-refractivity contribution >= 4 is 17.9 Å². The van der Waals surface area contributed by atoms with Gasteiger partial charge in [-0.05, 0) is 24.5 Å². The molecule has 5 nitrogen and oxygen atoms in total. The van der Waals surface area contributed by atoms with Crippen LogP contribution in [0.3, 0.4) is 0 Å². The molecule has 2 aromatic rings. The van der Waals surface area contributed by atoms with E-state index in [1.54, 1.807) is 6.07 Å². The van der Waals surface area contributed by atoms with E-state index in [1.807, 2.05) is 42.5 Å². The van der Waals surface area contributed by atoms with E-state index in [0.29, 0.717) is 12.3 Å². The Bertz CT molecular complexity index is 765. The lowest BCUT2D eigenvalue weighted by molar-refractivity contribution is -0.117. The summed E-state index contributed by atoms with van der Waals surface area (Å²) in [5.74, 6) is 0.907. The van der Waals surface area contributed by atoms with Crippen LogP contribution in [0.4, 0.5) is 5.88 Å². The predicted molar refractivity (Wildman–Crippen MR) is 92.0 cm³/mol. The van der Waals surface area contributed by atoms with Crippen LogP contribution in [0.25, 0.3) is 6.08 Å². The first-order valence-electron chi connectivity index (χ1n) is 8.05. The van der Waals surface area contributed by atoms with E-state index >= 15 is 0 Å². The number of carbonyl (C=O) groups excluding carboxylic acids is 1. The van der Waals surface area contributed by atoms with E-state index in [0.717, 1.165) is 37.4 Å². The van der Waals surface area contributed by atoms with E-state index in [-0.39, 0.29) is 5.57 Å². The van der Waals surface area contributed by atoms with Crippen LogP contribution in [0.1, 0.15) is 24.2 Å². The Labute approximate surface area is 141 Å². The minimum absolute atomic E-state index is 0.0354. The van der Waals surface area contributed by atoms with Crippen molar-refractivity contribution in [2.45, 2.75) is 19.4 Å². The maximum atomic E-state index is 12.2. The Morgan fingerprint density at radius 2 is 1.96 bits per heavy atom. The number of amides is 1. The minimum Gasteiger partial charge on any atom is -0.441 e. The highest BCUT2D eigenvalue weighted by atomic mass is 16.4. The molecule has 5 heteroatoms. The molecule has 0 aliphatic carbocycles. The van der Waals surface area contributed by atoms with Crippen LogP contribution in [-0.4, -0.2) is 19.0 Å². The van der Waals surface area contributed by atoms with Gasteiger partial charge in [0.1, 0.15) is 17.4 Å². The van der Waals surface area contributed by atoms with Crippen molar-refractivity contribution in [2.24, 2.45) is 0 Å². The van der Waals surface area contributed by atoms with Gasteiger partial charge >= 0.3 is 0 Å². The highest BCUT2D eigenvalue weighted by Gasteiger charge is 2.16. The summed E-state index contributed by atoms with van der Waals surface area (Å²) in [4.78, 5) is 14.3. The molecule has 0 spiro atoms. The van der Waals surface area contributed by atoms with Crippen molar-refractivity contribution in [1.82, 2.24) is 5.32 Å². The van der Waals surface area contributed by atoms with Crippen LogP contribution >= 0.6 is 0 Å². The molecule has 1 saturated heterocycles. The number of nitriles is 1. The van der Waals surface area contributed by atoms with E-state index in [1.165, 1.54) is 6.08 Å². The van der Waals surface area contributed by atoms with E-state index in [4.69, 9.17) is 4.42 Å². The summed E-state index contributed by atoms with van der Waals surface area (Å²) >= 11 is 0. The van der Waals surface area contributed by atoms with Crippen molar-refractivity contribution in [1.29, 1.82) is 5.26 Å². The molecule has 0 atom stereocenters. The first-order valence-corrected chi connectivity index (χ1v) is 8.05. The summed E-state index contributed by atoms with van der Waals surface area (Å²) in [6.45, 7) is 2.36. The van der Waals surface area contributed by atoms with Gasteiger partial charge in [0.15, 0.2) is 5.88 Å². The summed E-state index contributed by atoms with van der Waals surface area (Å²) in [5.41, 5.74) is 1.02. The Hall–Kier alpha value is -3.00. The molecule has 3 rings (SSSR count). The van der Waals surface area contributed by atoms with E-state index < -0.39 is 5.91 Å². The molecule has 0 saturated carbocycles. The van der Waals surface area contributed by atoms with Crippen LogP contribution in [0, 0.1) is 11.3 Å². The lowest BCUT2D eigenvalue weighted by Gasteiger charge is -2.12. The maximum absolute atomic E-state index is 12.2. The van der Waals surface area contributed by atoms with Gasteiger partial charge in [0, 0.05) is 31.8 Å². The van der Waals surface area contributed by atoms with Gasteiger partial charge in [-0.15, -0.1) is 0 Å². The number of hydrogen-bond acceptors (Lipinski definition) is 4. The highest BCUT2D eigenvalue weighted by Crippen LogP contribution is 2.24. The van der Waals surface area contributed by atoms with Gasteiger partial charge in [0.25, 0.3) is 5.91 Å². The van der Waals surface area contributed by atoms with Gasteiger partial charge in [-0.2, -0.15) is 5.26 Å². The third-order valence-electron chi connectivity index (χ3n) is 3.98. The Morgan fingerprint density at radius 1 is 1.21 bits per heavy atom. The molecule has 122 valence electrons. The third kappa shape index (κ3) is 3.85. The second-order valence-electron chi connectivity index (χ2n) is 5.71. The SMILES string of the molecule is N#C/C(=C\c1ccc(N2CCCC2)o1)C(=O)NCc1ccccc1. The predicted octanol–water partition coefficient (Wildman–Crippen LogP) is 3.10. The first kappa shape index (κ1) is 15.9. The molecule has 0 unspecified atom stereocenters. The average Bonchev–Trinajstić information content (AvgIpc) is 3.29. The smallest absolute Gasteiger partial charge is 0.262 e. The molecule has 0 radical (unpaired) electrons.